The first kappa shape index (κ1) is 12.8. The van der Waals surface area contributed by atoms with Gasteiger partial charge in [0.25, 0.3) is 0 Å². The van der Waals surface area contributed by atoms with Gasteiger partial charge >= 0.3 is 0 Å². The summed E-state index contributed by atoms with van der Waals surface area (Å²) in [7, 11) is 0. The molecular formula is C13H23NO4. The lowest BCUT2D eigenvalue weighted by molar-refractivity contribution is -0.229. The molecule has 0 aromatic heterocycles. The first-order valence-corrected chi connectivity index (χ1v) is 7.02. The molecule has 1 spiro atoms. The topological polar surface area (TPSA) is 60.0 Å². The number of aliphatic hydroxyl groups excluding tert-OH is 1. The van der Waals surface area contributed by atoms with Crippen LogP contribution in [-0.2, 0) is 14.2 Å². The van der Waals surface area contributed by atoms with E-state index in [9.17, 15) is 5.11 Å². The molecule has 2 saturated heterocycles. The third-order valence-corrected chi connectivity index (χ3v) is 4.07. The average Bonchev–Trinajstić information content (AvgIpc) is 2.97. The molecule has 18 heavy (non-hydrogen) atoms. The third kappa shape index (κ3) is 2.18. The van der Waals surface area contributed by atoms with Gasteiger partial charge in [-0.05, 0) is 12.8 Å². The number of fused-ring (bicyclic) bond motifs is 1. The van der Waals surface area contributed by atoms with E-state index >= 15 is 0 Å². The lowest BCUT2D eigenvalue weighted by Gasteiger charge is -2.26. The Labute approximate surface area is 108 Å². The number of ether oxygens (including phenoxy) is 3. The predicted octanol–water partition coefficient (Wildman–Crippen LogP) is 0.756. The van der Waals surface area contributed by atoms with E-state index in [1.54, 1.807) is 0 Å². The van der Waals surface area contributed by atoms with Gasteiger partial charge < -0.3 is 24.6 Å². The van der Waals surface area contributed by atoms with Crippen LogP contribution in [0.5, 0.6) is 0 Å². The average molecular weight is 257 g/mol. The summed E-state index contributed by atoms with van der Waals surface area (Å²) in [6.07, 6.45) is 2.57. The van der Waals surface area contributed by atoms with Crippen LogP contribution in [0.4, 0.5) is 0 Å². The number of hydrogen-bond acceptors (Lipinski definition) is 5. The van der Waals surface area contributed by atoms with E-state index in [0.717, 1.165) is 25.7 Å². The third-order valence-electron chi connectivity index (χ3n) is 4.07. The fraction of sp³-hybridized carbons (Fsp3) is 1.00. The summed E-state index contributed by atoms with van der Waals surface area (Å²) in [5, 5.41) is 13.5. The standard InChI is InChI=1S/C13H23NO4/c1-8(2)14-7-9-10(15)11-12(16-9)18-13(17-11)5-3-4-6-13/h8-12,14-15H,3-7H2,1-2H3. The van der Waals surface area contributed by atoms with E-state index in [-0.39, 0.29) is 12.2 Å². The maximum Gasteiger partial charge on any atom is 0.190 e. The summed E-state index contributed by atoms with van der Waals surface area (Å²) in [5.41, 5.74) is 0. The lowest BCUT2D eigenvalue weighted by Crippen LogP contribution is -2.42. The van der Waals surface area contributed by atoms with Crippen molar-refractivity contribution >= 4 is 0 Å². The van der Waals surface area contributed by atoms with Gasteiger partial charge in [-0.2, -0.15) is 0 Å². The van der Waals surface area contributed by atoms with Gasteiger partial charge in [0, 0.05) is 25.4 Å². The summed E-state index contributed by atoms with van der Waals surface area (Å²) in [4.78, 5) is 0. The van der Waals surface area contributed by atoms with Crippen molar-refractivity contribution in [2.45, 2.75) is 76.0 Å². The number of rotatable bonds is 3. The molecule has 1 aliphatic carbocycles. The fourth-order valence-corrected chi connectivity index (χ4v) is 3.08. The van der Waals surface area contributed by atoms with Crippen molar-refractivity contribution in [3.63, 3.8) is 0 Å². The van der Waals surface area contributed by atoms with Gasteiger partial charge in [0.2, 0.25) is 0 Å². The molecule has 4 atom stereocenters. The van der Waals surface area contributed by atoms with Crippen LogP contribution < -0.4 is 5.32 Å². The monoisotopic (exact) mass is 257 g/mol. The first-order chi connectivity index (χ1) is 8.60. The SMILES string of the molecule is CC(C)NCC1OC2OC3(CCCC3)OC2C1O. The second kappa shape index (κ2) is 4.72. The molecule has 5 heteroatoms. The van der Waals surface area contributed by atoms with Gasteiger partial charge in [0.15, 0.2) is 12.1 Å². The largest absolute Gasteiger partial charge is 0.387 e. The zero-order valence-electron chi connectivity index (χ0n) is 11.1. The van der Waals surface area contributed by atoms with Gasteiger partial charge in [0.1, 0.15) is 18.3 Å². The Morgan fingerprint density at radius 1 is 1.28 bits per heavy atom. The van der Waals surface area contributed by atoms with E-state index in [4.69, 9.17) is 14.2 Å². The molecule has 0 bridgehead atoms. The van der Waals surface area contributed by atoms with Crippen molar-refractivity contribution in [1.82, 2.24) is 5.32 Å². The van der Waals surface area contributed by atoms with E-state index in [2.05, 4.69) is 19.2 Å². The highest BCUT2D eigenvalue weighted by atomic mass is 16.8. The predicted molar refractivity (Wildman–Crippen MR) is 65.0 cm³/mol. The Hall–Kier alpha value is -0.200. The summed E-state index contributed by atoms with van der Waals surface area (Å²) in [5.74, 6) is -0.466. The van der Waals surface area contributed by atoms with Crippen molar-refractivity contribution < 1.29 is 19.3 Å². The van der Waals surface area contributed by atoms with Crippen LogP contribution in [0.3, 0.4) is 0 Å². The second-order valence-corrected chi connectivity index (χ2v) is 5.91. The Kier molecular flexibility index (Phi) is 3.36. The van der Waals surface area contributed by atoms with Gasteiger partial charge in [-0.25, -0.2) is 0 Å². The Balaban J connectivity index is 1.59. The van der Waals surface area contributed by atoms with Crippen molar-refractivity contribution in [1.29, 1.82) is 0 Å². The molecule has 2 aliphatic heterocycles. The zero-order chi connectivity index (χ0) is 12.8. The van der Waals surface area contributed by atoms with Crippen LogP contribution in [0.1, 0.15) is 39.5 Å². The smallest absolute Gasteiger partial charge is 0.190 e. The van der Waals surface area contributed by atoms with Crippen LogP contribution >= 0.6 is 0 Å². The summed E-state index contributed by atoms with van der Waals surface area (Å²) < 4.78 is 17.6. The van der Waals surface area contributed by atoms with Crippen LogP contribution in [-0.4, -0.2) is 48.1 Å². The molecule has 0 aromatic rings. The second-order valence-electron chi connectivity index (χ2n) is 5.91. The van der Waals surface area contributed by atoms with Crippen LogP contribution in [0.25, 0.3) is 0 Å². The molecule has 1 saturated carbocycles. The van der Waals surface area contributed by atoms with Crippen LogP contribution in [0, 0.1) is 0 Å². The molecule has 4 unspecified atom stereocenters. The molecule has 0 aromatic carbocycles. The van der Waals surface area contributed by atoms with Gasteiger partial charge in [-0.1, -0.05) is 13.8 Å². The molecule has 2 heterocycles. The Morgan fingerprint density at radius 3 is 2.61 bits per heavy atom. The molecule has 3 rings (SSSR count). The highest BCUT2D eigenvalue weighted by molar-refractivity contribution is 4.97. The number of aliphatic hydroxyl groups is 1. The van der Waals surface area contributed by atoms with Gasteiger partial charge in [-0.15, -0.1) is 0 Å². The molecular weight excluding hydrogens is 234 g/mol. The quantitative estimate of drug-likeness (QED) is 0.781. The number of nitrogens with one attached hydrogen (secondary N) is 1. The number of hydrogen-bond donors (Lipinski definition) is 2. The van der Waals surface area contributed by atoms with Crippen molar-refractivity contribution in [2.24, 2.45) is 0 Å². The molecule has 0 amide bonds. The van der Waals surface area contributed by atoms with Gasteiger partial charge in [0.05, 0.1) is 0 Å². The molecule has 104 valence electrons. The van der Waals surface area contributed by atoms with E-state index in [1.165, 1.54) is 0 Å². The van der Waals surface area contributed by atoms with Crippen molar-refractivity contribution in [2.75, 3.05) is 6.54 Å². The van der Waals surface area contributed by atoms with Crippen LogP contribution in [0.15, 0.2) is 0 Å². The molecule has 3 aliphatic rings. The zero-order valence-corrected chi connectivity index (χ0v) is 11.1. The minimum absolute atomic E-state index is 0.235. The van der Waals surface area contributed by atoms with E-state index < -0.39 is 18.2 Å². The molecule has 0 radical (unpaired) electrons. The normalized spacial score (nSPS) is 42.0. The maximum atomic E-state index is 10.2. The maximum absolute atomic E-state index is 10.2. The Morgan fingerprint density at radius 2 is 2.00 bits per heavy atom. The van der Waals surface area contributed by atoms with E-state index in [0.29, 0.717) is 12.6 Å². The summed E-state index contributed by atoms with van der Waals surface area (Å²) >= 11 is 0. The minimum Gasteiger partial charge on any atom is -0.387 e. The van der Waals surface area contributed by atoms with Crippen molar-refractivity contribution in [3.05, 3.63) is 0 Å². The first-order valence-electron chi connectivity index (χ1n) is 7.02. The fourth-order valence-electron chi connectivity index (χ4n) is 3.08. The Bertz CT molecular complexity index is 303. The summed E-state index contributed by atoms with van der Waals surface area (Å²) in [6.45, 7) is 4.77. The van der Waals surface area contributed by atoms with Gasteiger partial charge in [-0.3, -0.25) is 0 Å². The molecule has 3 fully saturated rings. The highest BCUT2D eigenvalue weighted by Crippen LogP contribution is 2.45. The van der Waals surface area contributed by atoms with Crippen molar-refractivity contribution in [3.8, 4) is 0 Å². The lowest BCUT2D eigenvalue weighted by atomic mass is 10.1. The highest BCUT2D eigenvalue weighted by Gasteiger charge is 2.57. The molecule has 5 nitrogen and oxygen atoms in total. The van der Waals surface area contributed by atoms with E-state index in [1.807, 2.05) is 0 Å². The minimum atomic E-state index is -0.596. The summed E-state index contributed by atoms with van der Waals surface area (Å²) in [6, 6.07) is 0.379. The van der Waals surface area contributed by atoms with Crippen LogP contribution in [0.2, 0.25) is 0 Å². The molecule has 2 N–H and O–H groups in total.